The Balaban J connectivity index is 1.70. The van der Waals surface area contributed by atoms with Crippen molar-refractivity contribution in [3.8, 4) is 11.5 Å². The van der Waals surface area contributed by atoms with Gasteiger partial charge in [0.05, 0.1) is 13.7 Å². The van der Waals surface area contributed by atoms with Crippen LogP contribution in [0.1, 0.15) is 0 Å². The third-order valence-corrected chi connectivity index (χ3v) is 3.08. The van der Waals surface area contributed by atoms with Crippen molar-refractivity contribution in [1.29, 1.82) is 0 Å². The third kappa shape index (κ3) is 4.89. The fourth-order valence-corrected chi connectivity index (χ4v) is 1.96. The number of anilines is 1. The number of halogens is 1. The van der Waals surface area contributed by atoms with E-state index in [2.05, 4.69) is 10.6 Å². The minimum absolute atomic E-state index is 0.235. The number of nitrogens with one attached hydrogen (secondary N) is 2. The van der Waals surface area contributed by atoms with E-state index in [9.17, 15) is 4.39 Å². The van der Waals surface area contributed by atoms with Crippen LogP contribution in [0.25, 0.3) is 0 Å². The third-order valence-electron chi connectivity index (χ3n) is 2.83. The van der Waals surface area contributed by atoms with Gasteiger partial charge in [-0.3, -0.25) is 0 Å². The lowest BCUT2D eigenvalue weighted by Gasteiger charge is -2.12. The average molecular weight is 320 g/mol. The Morgan fingerprint density at radius 2 is 1.86 bits per heavy atom. The summed E-state index contributed by atoms with van der Waals surface area (Å²) in [6, 6.07) is 13.7. The number of methoxy groups -OCH3 is 1. The lowest BCUT2D eigenvalue weighted by atomic mass is 10.3. The van der Waals surface area contributed by atoms with Gasteiger partial charge in [-0.2, -0.15) is 0 Å². The first kappa shape index (κ1) is 16.0. The van der Waals surface area contributed by atoms with Crippen molar-refractivity contribution in [3.63, 3.8) is 0 Å². The zero-order valence-electron chi connectivity index (χ0n) is 12.1. The maximum atomic E-state index is 13.3. The molecule has 0 aliphatic rings. The monoisotopic (exact) mass is 320 g/mol. The smallest absolute Gasteiger partial charge is 0.170 e. The molecule has 0 fully saturated rings. The fourth-order valence-electron chi connectivity index (χ4n) is 1.74. The van der Waals surface area contributed by atoms with Crippen LogP contribution in [0, 0.1) is 5.82 Å². The van der Waals surface area contributed by atoms with Gasteiger partial charge in [-0.1, -0.05) is 12.1 Å². The summed E-state index contributed by atoms with van der Waals surface area (Å²) in [5, 5.41) is 6.50. The Hall–Kier alpha value is -2.34. The second-order valence-electron chi connectivity index (χ2n) is 4.39. The van der Waals surface area contributed by atoms with Gasteiger partial charge >= 0.3 is 0 Å². The fraction of sp³-hybridized carbons (Fsp3) is 0.188. The van der Waals surface area contributed by atoms with Gasteiger partial charge in [-0.25, -0.2) is 4.39 Å². The van der Waals surface area contributed by atoms with Crippen LogP contribution < -0.4 is 20.1 Å². The van der Waals surface area contributed by atoms with Crippen LogP contribution in [-0.4, -0.2) is 25.4 Å². The number of thiocarbonyl (C=S) groups is 1. The summed E-state index contributed by atoms with van der Waals surface area (Å²) in [4.78, 5) is 0. The zero-order valence-corrected chi connectivity index (χ0v) is 13.0. The number of hydrogen-bond donors (Lipinski definition) is 2. The Labute approximate surface area is 134 Å². The highest BCUT2D eigenvalue weighted by Crippen LogP contribution is 2.15. The van der Waals surface area contributed by atoms with Gasteiger partial charge in [0.25, 0.3) is 0 Å². The number of ether oxygens (including phenoxy) is 2. The Bertz CT molecular complexity index is 620. The van der Waals surface area contributed by atoms with E-state index in [4.69, 9.17) is 21.7 Å². The first-order valence-corrected chi connectivity index (χ1v) is 7.16. The van der Waals surface area contributed by atoms with Crippen LogP contribution in [0.2, 0.25) is 0 Å². The molecule has 0 spiro atoms. The first-order valence-electron chi connectivity index (χ1n) is 6.75. The topological polar surface area (TPSA) is 42.5 Å². The van der Waals surface area contributed by atoms with Gasteiger partial charge in [0.15, 0.2) is 16.7 Å². The molecule has 0 amide bonds. The van der Waals surface area contributed by atoms with Crippen LogP contribution in [0.4, 0.5) is 10.1 Å². The summed E-state index contributed by atoms with van der Waals surface area (Å²) in [6.45, 7) is 0.779. The molecule has 0 bridgehead atoms. The minimum atomic E-state index is -0.374. The summed E-state index contributed by atoms with van der Waals surface area (Å²) in [5.41, 5.74) is 0.855. The van der Waals surface area contributed by atoms with Crippen LogP contribution in [0.5, 0.6) is 11.5 Å². The van der Waals surface area contributed by atoms with Crippen molar-refractivity contribution >= 4 is 23.0 Å². The summed E-state index contributed by atoms with van der Waals surface area (Å²) in [5.74, 6) is 0.641. The SMILES string of the molecule is COc1ccc(NC(=S)NCCOc2ccccc2F)cc1. The minimum Gasteiger partial charge on any atom is -0.497 e. The second kappa shape index (κ2) is 8.19. The Kier molecular flexibility index (Phi) is 5.97. The molecule has 0 unspecified atom stereocenters. The number of benzene rings is 2. The Morgan fingerprint density at radius 1 is 1.14 bits per heavy atom. The molecule has 22 heavy (non-hydrogen) atoms. The van der Waals surface area contributed by atoms with E-state index in [0.717, 1.165) is 11.4 Å². The highest BCUT2D eigenvalue weighted by atomic mass is 32.1. The predicted octanol–water partition coefficient (Wildman–Crippen LogP) is 3.20. The van der Waals surface area contributed by atoms with Crippen LogP contribution in [0.15, 0.2) is 48.5 Å². The van der Waals surface area contributed by atoms with Crippen molar-refractivity contribution in [1.82, 2.24) is 5.32 Å². The zero-order chi connectivity index (χ0) is 15.8. The van der Waals surface area contributed by atoms with Crippen molar-refractivity contribution < 1.29 is 13.9 Å². The van der Waals surface area contributed by atoms with Gasteiger partial charge in [-0.15, -0.1) is 0 Å². The van der Waals surface area contributed by atoms with Gasteiger partial charge in [0.2, 0.25) is 0 Å². The highest BCUT2D eigenvalue weighted by molar-refractivity contribution is 7.80. The van der Waals surface area contributed by atoms with Gasteiger partial charge in [0, 0.05) is 5.69 Å². The standard InChI is InChI=1S/C16H17FN2O2S/c1-20-13-8-6-12(7-9-13)19-16(22)18-10-11-21-15-5-3-2-4-14(15)17/h2-9H,10-11H2,1H3,(H2,18,19,22). The van der Waals surface area contributed by atoms with Crippen molar-refractivity contribution in [2.45, 2.75) is 0 Å². The van der Waals surface area contributed by atoms with E-state index in [1.54, 1.807) is 25.3 Å². The molecule has 0 atom stereocenters. The van der Waals surface area contributed by atoms with Gasteiger partial charge in [-0.05, 0) is 48.6 Å². The molecule has 2 aromatic carbocycles. The molecule has 0 aliphatic heterocycles. The van der Waals surface area contributed by atoms with Crippen LogP contribution in [0.3, 0.4) is 0 Å². The first-order chi connectivity index (χ1) is 10.7. The molecule has 0 radical (unpaired) electrons. The second-order valence-corrected chi connectivity index (χ2v) is 4.80. The number of para-hydroxylation sites is 1. The van der Waals surface area contributed by atoms with Crippen molar-refractivity contribution in [2.24, 2.45) is 0 Å². The van der Waals surface area contributed by atoms with E-state index in [1.807, 2.05) is 24.3 Å². The van der Waals surface area contributed by atoms with E-state index in [-0.39, 0.29) is 11.6 Å². The molecule has 0 aromatic heterocycles. The van der Waals surface area contributed by atoms with Crippen LogP contribution in [-0.2, 0) is 0 Å². The molecule has 0 saturated carbocycles. The molecule has 6 heteroatoms. The van der Waals surface area contributed by atoms with Crippen molar-refractivity contribution in [3.05, 3.63) is 54.3 Å². The summed E-state index contributed by atoms with van der Waals surface area (Å²) in [6.07, 6.45) is 0. The van der Waals surface area contributed by atoms with E-state index in [0.29, 0.717) is 18.3 Å². The van der Waals surface area contributed by atoms with E-state index in [1.165, 1.54) is 6.07 Å². The lowest BCUT2D eigenvalue weighted by molar-refractivity contribution is 0.306. The van der Waals surface area contributed by atoms with E-state index < -0.39 is 0 Å². The maximum absolute atomic E-state index is 13.3. The largest absolute Gasteiger partial charge is 0.497 e. The molecule has 2 rings (SSSR count). The van der Waals surface area contributed by atoms with Crippen molar-refractivity contribution in [2.75, 3.05) is 25.6 Å². The summed E-state index contributed by atoms with van der Waals surface area (Å²) >= 11 is 5.17. The quantitative estimate of drug-likeness (QED) is 0.632. The molecule has 0 aliphatic carbocycles. The van der Waals surface area contributed by atoms with Gasteiger partial charge < -0.3 is 20.1 Å². The molecule has 2 aromatic rings. The molecule has 0 saturated heterocycles. The predicted molar refractivity (Wildman–Crippen MR) is 89.1 cm³/mol. The molecule has 2 N–H and O–H groups in total. The number of hydrogen-bond acceptors (Lipinski definition) is 3. The molecular weight excluding hydrogens is 303 g/mol. The molecule has 0 heterocycles. The summed E-state index contributed by atoms with van der Waals surface area (Å²) in [7, 11) is 1.62. The molecule has 4 nitrogen and oxygen atoms in total. The molecule has 116 valence electrons. The highest BCUT2D eigenvalue weighted by Gasteiger charge is 2.01. The maximum Gasteiger partial charge on any atom is 0.170 e. The van der Waals surface area contributed by atoms with E-state index >= 15 is 0 Å². The normalized spacial score (nSPS) is 9.91. The lowest BCUT2D eigenvalue weighted by Crippen LogP contribution is -2.32. The number of rotatable bonds is 6. The average Bonchev–Trinajstić information content (AvgIpc) is 2.54. The summed E-state index contributed by atoms with van der Waals surface area (Å²) < 4.78 is 23.7. The van der Waals surface area contributed by atoms with Crippen LogP contribution >= 0.6 is 12.2 Å². The Morgan fingerprint density at radius 3 is 2.55 bits per heavy atom. The van der Waals surface area contributed by atoms with Gasteiger partial charge in [0.1, 0.15) is 12.4 Å². The molecular formula is C16H17FN2O2S.